The number of nitrogens with zero attached hydrogens (tertiary/aromatic N) is 1. The van der Waals surface area contributed by atoms with Gasteiger partial charge in [0, 0.05) is 37.1 Å². The monoisotopic (exact) mass is 705 g/mol. The number of para-hydroxylation sites is 1. The number of rotatable bonds is 7. The molecule has 0 fully saturated rings. The van der Waals surface area contributed by atoms with E-state index in [0.29, 0.717) is 0 Å². The van der Waals surface area contributed by atoms with E-state index in [-0.39, 0.29) is 0 Å². The number of benzene rings is 9. The summed E-state index contributed by atoms with van der Waals surface area (Å²) < 4.78 is 2.64. The molecule has 0 spiro atoms. The van der Waals surface area contributed by atoms with Crippen molar-refractivity contribution in [3.8, 4) is 44.5 Å². The van der Waals surface area contributed by atoms with Gasteiger partial charge < -0.3 is 4.90 Å². The minimum Gasteiger partial charge on any atom is -0.310 e. The fourth-order valence-corrected chi connectivity index (χ4v) is 9.06. The van der Waals surface area contributed by atoms with Crippen molar-refractivity contribution in [1.29, 1.82) is 0 Å². The maximum Gasteiger partial charge on any atom is 0.0540 e. The molecule has 10 aromatic rings. The zero-order valence-electron chi connectivity index (χ0n) is 29.6. The lowest BCUT2D eigenvalue weighted by molar-refractivity contribution is 1.28. The van der Waals surface area contributed by atoms with Crippen molar-refractivity contribution < 1.29 is 0 Å². The van der Waals surface area contributed by atoms with Gasteiger partial charge in [0.1, 0.15) is 0 Å². The highest BCUT2D eigenvalue weighted by Crippen LogP contribution is 2.44. The maximum absolute atomic E-state index is 2.41. The van der Waals surface area contributed by atoms with Gasteiger partial charge in [0.05, 0.1) is 5.69 Å². The lowest BCUT2D eigenvalue weighted by Crippen LogP contribution is -2.11. The van der Waals surface area contributed by atoms with Gasteiger partial charge in [-0.1, -0.05) is 164 Å². The Morgan fingerprint density at radius 2 is 0.889 bits per heavy atom. The molecule has 10 rings (SSSR count). The van der Waals surface area contributed by atoms with Crippen molar-refractivity contribution in [3.05, 3.63) is 212 Å². The number of hydrogen-bond donors (Lipinski definition) is 0. The Morgan fingerprint density at radius 3 is 1.78 bits per heavy atom. The van der Waals surface area contributed by atoms with Gasteiger partial charge in [0.25, 0.3) is 0 Å². The molecule has 0 aliphatic carbocycles. The van der Waals surface area contributed by atoms with E-state index in [0.717, 1.165) is 17.1 Å². The van der Waals surface area contributed by atoms with E-state index < -0.39 is 0 Å². The van der Waals surface area contributed by atoms with Crippen LogP contribution in [0, 0.1) is 0 Å². The van der Waals surface area contributed by atoms with E-state index in [1.54, 1.807) is 0 Å². The van der Waals surface area contributed by atoms with E-state index >= 15 is 0 Å². The molecule has 0 aliphatic rings. The first-order valence-electron chi connectivity index (χ1n) is 18.4. The molecule has 0 aliphatic heterocycles. The Morgan fingerprint density at radius 1 is 0.315 bits per heavy atom. The third-order valence-corrected chi connectivity index (χ3v) is 11.6. The molecule has 2 heteroatoms. The van der Waals surface area contributed by atoms with Crippen LogP contribution in [0.15, 0.2) is 212 Å². The first kappa shape index (κ1) is 32.0. The molecule has 254 valence electrons. The largest absolute Gasteiger partial charge is 0.310 e. The van der Waals surface area contributed by atoms with Crippen LogP contribution in [0.5, 0.6) is 0 Å². The highest BCUT2D eigenvalue weighted by atomic mass is 32.1. The molecule has 1 aromatic heterocycles. The summed E-state index contributed by atoms with van der Waals surface area (Å²) in [6.07, 6.45) is 0. The van der Waals surface area contributed by atoms with Crippen molar-refractivity contribution in [2.75, 3.05) is 4.90 Å². The maximum atomic E-state index is 2.41. The second-order valence-corrected chi connectivity index (χ2v) is 14.8. The number of hydrogen-bond acceptors (Lipinski definition) is 2. The van der Waals surface area contributed by atoms with Crippen molar-refractivity contribution in [2.24, 2.45) is 0 Å². The first-order chi connectivity index (χ1) is 26.8. The first-order valence-corrected chi connectivity index (χ1v) is 19.2. The molecular formula is C52H35NS. The summed E-state index contributed by atoms with van der Waals surface area (Å²) in [6, 6.07) is 77.1. The van der Waals surface area contributed by atoms with Crippen molar-refractivity contribution >= 4 is 59.3 Å². The van der Waals surface area contributed by atoms with Crippen molar-refractivity contribution in [3.63, 3.8) is 0 Å². The van der Waals surface area contributed by atoms with Gasteiger partial charge in [-0.25, -0.2) is 0 Å². The summed E-state index contributed by atoms with van der Waals surface area (Å²) in [5.74, 6) is 0. The van der Waals surface area contributed by atoms with Gasteiger partial charge in [-0.05, 0) is 98.2 Å². The Labute approximate surface area is 319 Å². The average molecular weight is 706 g/mol. The van der Waals surface area contributed by atoms with Crippen LogP contribution in [0.3, 0.4) is 0 Å². The molecule has 0 N–H and O–H groups in total. The number of thiophene rings is 1. The van der Waals surface area contributed by atoms with E-state index in [2.05, 4.69) is 217 Å². The SMILES string of the molecule is c1ccc(-c2ccccc2N(c2ccc(-c3cccc4sc5ccccc5c34)cc2)c2cccc(-c3cccc(-c4cccc5ccccc45)c3)c2)cc1. The second kappa shape index (κ2) is 13.7. The van der Waals surface area contributed by atoms with Crippen LogP contribution in [-0.2, 0) is 0 Å². The molecule has 0 atom stereocenters. The van der Waals surface area contributed by atoms with E-state index in [4.69, 9.17) is 0 Å². The molecule has 0 radical (unpaired) electrons. The van der Waals surface area contributed by atoms with Crippen LogP contribution in [0.1, 0.15) is 0 Å². The molecule has 0 bridgehead atoms. The van der Waals surface area contributed by atoms with Crippen LogP contribution in [0.4, 0.5) is 17.1 Å². The van der Waals surface area contributed by atoms with Gasteiger partial charge in [-0.2, -0.15) is 0 Å². The Kier molecular flexibility index (Phi) is 8.09. The fourth-order valence-electron chi connectivity index (χ4n) is 7.93. The topological polar surface area (TPSA) is 3.24 Å². The molecule has 0 saturated carbocycles. The summed E-state index contributed by atoms with van der Waals surface area (Å²) in [5.41, 5.74) is 13.0. The van der Waals surface area contributed by atoms with E-state index in [1.807, 2.05) is 11.3 Å². The minimum atomic E-state index is 1.10. The predicted molar refractivity (Wildman–Crippen MR) is 233 cm³/mol. The van der Waals surface area contributed by atoms with E-state index in [1.165, 1.54) is 75.5 Å². The zero-order valence-corrected chi connectivity index (χ0v) is 30.4. The number of anilines is 3. The highest BCUT2D eigenvalue weighted by Gasteiger charge is 2.19. The van der Waals surface area contributed by atoms with Crippen molar-refractivity contribution in [1.82, 2.24) is 0 Å². The third-order valence-electron chi connectivity index (χ3n) is 10.5. The van der Waals surface area contributed by atoms with Crippen LogP contribution >= 0.6 is 11.3 Å². The third kappa shape index (κ3) is 5.74. The fraction of sp³-hybridized carbons (Fsp3) is 0. The molecule has 1 heterocycles. The van der Waals surface area contributed by atoms with Gasteiger partial charge >= 0.3 is 0 Å². The average Bonchev–Trinajstić information content (AvgIpc) is 3.64. The second-order valence-electron chi connectivity index (χ2n) is 13.7. The lowest BCUT2D eigenvalue weighted by Gasteiger charge is -2.28. The molecule has 0 saturated heterocycles. The zero-order chi connectivity index (χ0) is 35.8. The van der Waals surface area contributed by atoms with Crippen LogP contribution in [0.25, 0.3) is 75.5 Å². The van der Waals surface area contributed by atoms with Gasteiger partial charge in [0.15, 0.2) is 0 Å². The summed E-state index contributed by atoms with van der Waals surface area (Å²) in [5, 5.41) is 5.16. The highest BCUT2D eigenvalue weighted by molar-refractivity contribution is 7.25. The Hall–Kier alpha value is -6.74. The smallest absolute Gasteiger partial charge is 0.0540 e. The summed E-state index contributed by atoms with van der Waals surface area (Å²) in [6.45, 7) is 0. The molecule has 0 amide bonds. The molecule has 9 aromatic carbocycles. The van der Waals surface area contributed by atoms with Crippen LogP contribution in [0.2, 0.25) is 0 Å². The molecule has 0 unspecified atom stereocenters. The Balaban J connectivity index is 1.10. The predicted octanol–water partition coefficient (Wildman–Crippen LogP) is 15.3. The van der Waals surface area contributed by atoms with E-state index in [9.17, 15) is 0 Å². The quantitative estimate of drug-likeness (QED) is 0.160. The van der Waals surface area contributed by atoms with Gasteiger partial charge in [0.2, 0.25) is 0 Å². The van der Waals surface area contributed by atoms with Gasteiger partial charge in [-0.15, -0.1) is 11.3 Å². The standard InChI is InChI=1S/C52H35NS/c1-2-14-37(15-3-1)46-23-6-8-27-49(46)53(42-32-30-38(31-33-42)47-26-13-29-51-52(47)48-24-7-9-28-50(48)54-51)43-21-11-19-40(35-43)39-18-10-20-41(34-39)45-25-12-17-36-16-4-5-22-44(36)45/h1-35H. The van der Waals surface area contributed by atoms with Crippen LogP contribution < -0.4 is 4.90 Å². The normalized spacial score (nSPS) is 11.3. The summed E-state index contributed by atoms with van der Waals surface area (Å²) in [4.78, 5) is 2.41. The lowest BCUT2D eigenvalue weighted by atomic mass is 9.95. The Bertz CT molecular complexity index is 2930. The molecular weight excluding hydrogens is 671 g/mol. The molecule has 1 nitrogen and oxygen atoms in total. The summed E-state index contributed by atoms with van der Waals surface area (Å²) >= 11 is 1.86. The summed E-state index contributed by atoms with van der Waals surface area (Å²) in [7, 11) is 0. The van der Waals surface area contributed by atoms with Gasteiger partial charge in [-0.3, -0.25) is 0 Å². The minimum absolute atomic E-state index is 1.10. The number of fused-ring (bicyclic) bond motifs is 4. The van der Waals surface area contributed by atoms with Crippen LogP contribution in [-0.4, -0.2) is 0 Å². The molecule has 54 heavy (non-hydrogen) atoms. The van der Waals surface area contributed by atoms with Crippen molar-refractivity contribution in [2.45, 2.75) is 0 Å².